The maximum atomic E-state index is 12.0. The Hall–Kier alpha value is -0.880. The fourth-order valence-corrected chi connectivity index (χ4v) is 4.60. The summed E-state index contributed by atoms with van der Waals surface area (Å²) in [5.74, 6) is -1.03. The smallest absolute Gasteiger partial charge is 0.310 e. The molecule has 0 aliphatic heterocycles. The van der Waals surface area contributed by atoms with Gasteiger partial charge in [-0.3, -0.25) is 4.79 Å². The van der Waals surface area contributed by atoms with Gasteiger partial charge in [-0.2, -0.15) is 0 Å². The molecule has 2 N–H and O–H groups in total. The zero-order chi connectivity index (χ0) is 13.9. The minimum Gasteiger partial charge on any atom is -0.481 e. The van der Waals surface area contributed by atoms with E-state index in [1.165, 1.54) is 6.42 Å². The van der Waals surface area contributed by atoms with Crippen LogP contribution in [0.15, 0.2) is 12.2 Å². The number of aliphatic carboxylic acids is 1. The monoisotopic (exact) mass is 287 g/mol. The van der Waals surface area contributed by atoms with Gasteiger partial charge in [-0.1, -0.05) is 31.4 Å². The molecule has 1 fully saturated rings. The Labute approximate surface area is 114 Å². The van der Waals surface area contributed by atoms with E-state index < -0.39 is 21.9 Å². The van der Waals surface area contributed by atoms with Crippen LogP contribution in [0.5, 0.6) is 0 Å². The number of nitrogens with one attached hydrogen (secondary N) is 1. The number of hydrogen-bond donors (Lipinski definition) is 2. The Morgan fingerprint density at radius 3 is 2.47 bits per heavy atom. The molecule has 0 heterocycles. The van der Waals surface area contributed by atoms with Crippen LogP contribution in [0.25, 0.3) is 0 Å². The number of hydrogen-bond acceptors (Lipinski definition) is 3. The summed E-state index contributed by atoms with van der Waals surface area (Å²) in [7, 11) is -3.31. The van der Waals surface area contributed by atoms with Gasteiger partial charge < -0.3 is 5.11 Å². The van der Waals surface area contributed by atoms with Gasteiger partial charge >= 0.3 is 5.97 Å². The Balaban J connectivity index is 1.84. The Morgan fingerprint density at radius 1 is 1.21 bits per heavy atom. The van der Waals surface area contributed by atoms with Gasteiger partial charge in [0, 0.05) is 6.04 Å². The van der Waals surface area contributed by atoms with Gasteiger partial charge in [-0.05, 0) is 25.2 Å². The molecule has 2 aliphatic carbocycles. The molecule has 5 nitrogen and oxygen atoms in total. The molecule has 0 aromatic rings. The highest BCUT2D eigenvalue weighted by molar-refractivity contribution is 7.89. The third-order valence-corrected chi connectivity index (χ3v) is 5.48. The topological polar surface area (TPSA) is 83.5 Å². The Bertz CT molecular complexity index is 451. The van der Waals surface area contributed by atoms with Gasteiger partial charge in [0.2, 0.25) is 10.0 Å². The molecule has 1 saturated carbocycles. The molecule has 108 valence electrons. The van der Waals surface area contributed by atoms with E-state index in [1.807, 2.05) is 0 Å². The maximum absolute atomic E-state index is 12.0. The van der Waals surface area contributed by atoms with Crippen molar-refractivity contribution in [1.29, 1.82) is 0 Å². The first kappa shape index (κ1) is 14.5. The van der Waals surface area contributed by atoms with Crippen molar-refractivity contribution in [3.05, 3.63) is 12.2 Å². The van der Waals surface area contributed by atoms with E-state index in [4.69, 9.17) is 5.11 Å². The van der Waals surface area contributed by atoms with Crippen molar-refractivity contribution in [2.24, 2.45) is 11.8 Å². The highest BCUT2D eigenvalue weighted by atomic mass is 32.2. The minimum absolute atomic E-state index is 0.176. The van der Waals surface area contributed by atoms with Crippen molar-refractivity contribution in [1.82, 2.24) is 4.72 Å². The van der Waals surface area contributed by atoms with Crippen molar-refractivity contribution in [3.63, 3.8) is 0 Å². The first-order valence-corrected chi connectivity index (χ1v) is 8.52. The van der Waals surface area contributed by atoms with Crippen molar-refractivity contribution >= 4 is 16.0 Å². The first-order chi connectivity index (χ1) is 8.96. The van der Waals surface area contributed by atoms with Gasteiger partial charge in [0.15, 0.2) is 0 Å². The maximum Gasteiger partial charge on any atom is 0.310 e. The van der Waals surface area contributed by atoms with E-state index in [9.17, 15) is 13.2 Å². The lowest BCUT2D eigenvalue weighted by molar-refractivity contribution is -0.140. The standard InChI is InChI=1S/C13H21NO4S/c15-13(16)11-6-7-12(8-11)14-19(17,18)9-10-4-2-1-3-5-10/h6-7,10-12,14H,1-5,8-9H2,(H,15,16). The zero-order valence-corrected chi connectivity index (χ0v) is 11.7. The molecular formula is C13H21NO4S. The molecule has 0 spiro atoms. The third-order valence-electron chi connectivity index (χ3n) is 3.91. The predicted molar refractivity (Wildman–Crippen MR) is 72.2 cm³/mol. The highest BCUT2D eigenvalue weighted by Crippen LogP contribution is 2.25. The fourth-order valence-electron chi connectivity index (χ4n) is 2.91. The predicted octanol–water partition coefficient (Wildman–Crippen LogP) is 1.52. The second-order valence-electron chi connectivity index (χ2n) is 5.58. The van der Waals surface area contributed by atoms with Crippen LogP contribution in [0.2, 0.25) is 0 Å². The molecule has 0 radical (unpaired) electrons. The normalized spacial score (nSPS) is 28.6. The fraction of sp³-hybridized carbons (Fsp3) is 0.769. The second kappa shape index (κ2) is 6.05. The molecule has 0 bridgehead atoms. The molecule has 0 saturated heterocycles. The Morgan fingerprint density at radius 2 is 1.89 bits per heavy atom. The number of carboxylic acid groups (broad SMARTS) is 1. The molecule has 2 unspecified atom stereocenters. The summed E-state index contributed by atoms with van der Waals surface area (Å²) < 4.78 is 26.7. The van der Waals surface area contributed by atoms with Crippen LogP contribution < -0.4 is 4.72 Å². The van der Waals surface area contributed by atoms with Crippen LogP contribution in [-0.4, -0.2) is 31.3 Å². The van der Waals surface area contributed by atoms with E-state index in [1.54, 1.807) is 12.2 Å². The van der Waals surface area contributed by atoms with E-state index >= 15 is 0 Å². The second-order valence-corrected chi connectivity index (χ2v) is 7.37. The van der Waals surface area contributed by atoms with Crippen LogP contribution in [0.4, 0.5) is 0 Å². The van der Waals surface area contributed by atoms with Gasteiger partial charge in [-0.25, -0.2) is 13.1 Å². The molecule has 2 atom stereocenters. The lowest BCUT2D eigenvalue weighted by Crippen LogP contribution is -2.37. The first-order valence-electron chi connectivity index (χ1n) is 6.87. The number of carboxylic acids is 1. The van der Waals surface area contributed by atoms with Gasteiger partial charge in [-0.15, -0.1) is 0 Å². The molecule has 2 aliphatic rings. The van der Waals surface area contributed by atoms with Crippen LogP contribution in [0.3, 0.4) is 0 Å². The largest absolute Gasteiger partial charge is 0.481 e. The van der Waals surface area contributed by atoms with Crippen molar-refractivity contribution < 1.29 is 18.3 Å². The summed E-state index contributed by atoms with van der Waals surface area (Å²) in [6.45, 7) is 0. The lowest BCUT2D eigenvalue weighted by atomic mass is 9.91. The summed E-state index contributed by atoms with van der Waals surface area (Å²) in [4.78, 5) is 10.8. The number of sulfonamides is 1. The van der Waals surface area contributed by atoms with Gasteiger partial charge in [0.25, 0.3) is 0 Å². The molecule has 0 aromatic heterocycles. The van der Waals surface area contributed by atoms with Crippen LogP contribution in [0, 0.1) is 11.8 Å². The van der Waals surface area contributed by atoms with Gasteiger partial charge in [0.1, 0.15) is 0 Å². The van der Waals surface area contributed by atoms with Crippen molar-refractivity contribution in [2.75, 3.05) is 5.75 Å². The summed E-state index contributed by atoms with van der Waals surface area (Å²) in [5.41, 5.74) is 0. The summed E-state index contributed by atoms with van der Waals surface area (Å²) in [5, 5.41) is 8.86. The average Bonchev–Trinajstić information content (AvgIpc) is 2.77. The third kappa shape index (κ3) is 4.31. The molecule has 19 heavy (non-hydrogen) atoms. The van der Waals surface area contributed by atoms with Crippen LogP contribution in [-0.2, 0) is 14.8 Å². The summed E-state index contributed by atoms with van der Waals surface area (Å²) in [6.07, 6.45) is 8.94. The zero-order valence-electron chi connectivity index (χ0n) is 10.9. The average molecular weight is 287 g/mol. The molecule has 6 heteroatoms. The highest BCUT2D eigenvalue weighted by Gasteiger charge is 2.28. The van der Waals surface area contributed by atoms with Crippen molar-refractivity contribution in [3.8, 4) is 0 Å². The van der Waals surface area contributed by atoms with E-state index in [-0.39, 0.29) is 17.7 Å². The lowest BCUT2D eigenvalue weighted by Gasteiger charge is -2.22. The quantitative estimate of drug-likeness (QED) is 0.751. The molecule has 2 rings (SSSR count). The molecule has 0 amide bonds. The summed E-state index contributed by atoms with van der Waals surface area (Å²) >= 11 is 0. The number of carbonyl (C=O) groups is 1. The van der Waals surface area contributed by atoms with E-state index in [2.05, 4.69) is 4.72 Å². The van der Waals surface area contributed by atoms with Crippen LogP contribution in [0.1, 0.15) is 38.5 Å². The molecule has 0 aromatic carbocycles. The van der Waals surface area contributed by atoms with Crippen molar-refractivity contribution in [2.45, 2.75) is 44.6 Å². The van der Waals surface area contributed by atoms with E-state index in [0.717, 1.165) is 25.7 Å². The van der Waals surface area contributed by atoms with Gasteiger partial charge in [0.05, 0.1) is 11.7 Å². The number of rotatable bonds is 5. The molecular weight excluding hydrogens is 266 g/mol. The van der Waals surface area contributed by atoms with E-state index in [0.29, 0.717) is 6.42 Å². The van der Waals surface area contributed by atoms with Crippen LogP contribution >= 0.6 is 0 Å². The minimum atomic E-state index is -3.31. The SMILES string of the molecule is O=C(O)C1C=CC(NS(=O)(=O)CC2CCCCC2)C1. The Kier molecular flexibility index (Phi) is 4.62. The summed E-state index contributed by atoms with van der Waals surface area (Å²) in [6, 6.07) is -0.366.